The Morgan fingerprint density at radius 2 is 1.76 bits per heavy atom. The molecule has 1 aliphatic heterocycles. The maximum Gasteiger partial charge on any atom is 0.143 e. The van der Waals surface area contributed by atoms with Gasteiger partial charge in [0.1, 0.15) is 12.3 Å². The molecule has 0 radical (unpaired) electrons. The second-order valence-corrected chi connectivity index (χ2v) is 4.79. The Hall–Kier alpha value is -1.61. The lowest BCUT2D eigenvalue weighted by Crippen LogP contribution is -2.12. The number of oxime groups is 1. The first-order chi connectivity index (χ1) is 8.34. The predicted molar refractivity (Wildman–Crippen MR) is 71.0 cm³/mol. The minimum absolute atomic E-state index is 0.552. The van der Waals surface area contributed by atoms with Crippen molar-refractivity contribution in [3.63, 3.8) is 0 Å². The molecule has 0 amide bonds. The molecule has 17 heavy (non-hydrogen) atoms. The third kappa shape index (κ3) is 1.98. The summed E-state index contributed by atoms with van der Waals surface area (Å²) in [6.07, 6.45) is 0. The molecule has 0 atom stereocenters. The summed E-state index contributed by atoms with van der Waals surface area (Å²) in [6, 6.07) is 16.3. The smallest absolute Gasteiger partial charge is 0.143 e. The number of hydrogen-bond acceptors (Lipinski definition) is 2. The fraction of sp³-hybridized carbons (Fsp3) is 0.0714. The molecule has 0 fully saturated rings. The molecule has 0 bridgehead atoms. The highest BCUT2D eigenvalue weighted by Gasteiger charge is 2.16. The van der Waals surface area contributed by atoms with E-state index in [9.17, 15) is 0 Å². The van der Waals surface area contributed by atoms with E-state index in [2.05, 4.69) is 33.2 Å². The molecule has 0 saturated carbocycles. The molecule has 3 rings (SSSR count). The largest absolute Gasteiger partial charge is 0.390 e. The molecule has 2 nitrogen and oxygen atoms in total. The quantitative estimate of drug-likeness (QED) is 0.783. The van der Waals surface area contributed by atoms with E-state index in [4.69, 9.17) is 4.84 Å². The van der Waals surface area contributed by atoms with Gasteiger partial charge >= 0.3 is 0 Å². The maximum atomic E-state index is 5.27. The first-order valence-corrected chi connectivity index (χ1v) is 6.18. The summed E-state index contributed by atoms with van der Waals surface area (Å²) < 4.78 is 1.06. The fourth-order valence-corrected chi connectivity index (χ4v) is 2.17. The molecule has 0 saturated heterocycles. The van der Waals surface area contributed by atoms with Crippen LogP contribution in [-0.4, -0.2) is 5.71 Å². The summed E-state index contributed by atoms with van der Waals surface area (Å²) in [5.41, 5.74) is 4.31. The van der Waals surface area contributed by atoms with Crippen LogP contribution in [0.1, 0.15) is 16.7 Å². The first kappa shape index (κ1) is 10.5. The Balaban J connectivity index is 2.09. The van der Waals surface area contributed by atoms with Crippen molar-refractivity contribution in [3.8, 4) is 0 Å². The van der Waals surface area contributed by atoms with Crippen molar-refractivity contribution in [2.24, 2.45) is 5.16 Å². The highest BCUT2D eigenvalue weighted by atomic mass is 79.9. The number of nitrogens with zero attached hydrogens (tertiary/aromatic N) is 1. The SMILES string of the molecule is Brc1ccc(C2=NOCc3ccccc32)cc1. The third-order valence-corrected chi connectivity index (χ3v) is 3.29. The number of hydrogen-bond donors (Lipinski definition) is 0. The summed E-state index contributed by atoms with van der Waals surface area (Å²) in [5.74, 6) is 0. The Morgan fingerprint density at radius 3 is 2.59 bits per heavy atom. The van der Waals surface area contributed by atoms with Crippen molar-refractivity contribution in [2.45, 2.75) is 6.61 Å². The van der Waals surface area contributed by atoms with E-state index in [1.165, 1.54) is 5.56 Å². The molecule has 0 aliphatic carbocycles. The van der Waals surface area contributed by atoms with Gasteiger partial charge < -0.3 is 4.84 Å². The van der Waals surface area contributed by atoms with Crippen LogP contribution >= 0.6 is 15.9 Å². The van der Waals surface area contributed by atoms with Crippen LogP contribution in [0.15, 0.2) is 58.2 Å². The highest BCUT2D eigenvalue weighted by molar-refractivity contribution is 9.10. The lowest BCUT2D eigenvalue weighted by molar-refractivity contribution is 0.126. The van der Waals surface area contributed by atoms with Gasteiger partial charge in [-0.05, 0) is 12.1 Å². The van der Waals surface area contributed by atoms with Crippen LogP contribution in [0.3, 0.4) is 0 Å². The Morgan fingerprint density at radius 1 is 1.00 bits per heavy atom. The van der Waals surface area contributed by atoms with Gasteiger partial charge in [0.2, 0.25) is 0 Å². The molecule has 3 heteroatoms. The van der Waals surface area contributed by atoms with Crippen molar-refractivity contribution < 1.29 is 4.84 Å². The van der Waals surface area contributed by atoms with E-state index in [1.807, 2.05) is 36.4 Å². The Kier molecular flexibility index (Phi) is 2.69. The van der Waals surface area contributed by atoms with Crippen molar-refractivity contribution in [3.05, 3.63) is 69.7 Å². The monoisotopic (exact) mass is 287 g/mol. The summed E-state index contributed by atoms with van der Waals surface area (Å²) in [7, 11) is 0. The van der Waals surface area contributed by atoms with Crippen molar-refractivity contribution in [1.82, 2.24) is 0 Å². The summed E-state index contributed by atoms with van der Waals surface area (Å²) in [6.45, 7) is 0.552. The molecule has 2 aromatic carbocycles. The zero-order valence-corrected chi connectivity index (χ0v) is 10.6. The van der Waals surface area contributed by atoms with Gasteiger partial charge in [0.15, 0.2) is 0 Å². The van der Waals surface area contributed by atoms with Crippen LogP contribution < -0.4 is 0 Å². The first-order valence-electron chi connectivity index (χ1n) is 5.39. The Labute approximate surface area is 108 Å². The fourth-order valence-electron chi connectivity index (χ4n) is 1.91. The molecule has 1 aliphatic rings. The molecule has 1 heterocycles. The number of halogens is 1. The van der Waals surface area contributed by atoms with Gasteiger partial charge in [0.25, 0.3) is 0 Å². The minimum Gasteiger partial charge on any atom is -0.390 e. The van der Waals surface area contributed by atoms with E-state index in [-0.39, 0.29) is 0 Å². The second-order valence-electron chi connectivity index (χ2n) is 3.88. The summed E-state index contributed by atoms with van der Waals surface area (Å²) in [4.78, 5) is 5.27. The van der Waals surface area contributed by atoms with E-state index in [0.717, 1.165) is 21.3 Å². The number of rotatable bonds is 1. The van der Waals surface area contributed by atoms with Crippen molar-refractivity contribution in [2.75, 3.05) is 0 Å². The summed E-state index contributed by atoms with van der Waals surface area (Å²) >= 11 is 3.43. The average Bonchev–Trinajstić information content (AvgIpc) is 2.39. The predicted octanol–water partition coefficient (Wildman–Crippen LogP) is 3.73. The van der Waals surface area contributed by atoms with Gasteiger partial charge in [-0.15, -0.1) is 0 Å². The van der Waals surface area contributed by atoms with Crippen LogP contribution in [0.5, 0.6) is 0 Å². The van der Waals surface area contributed by atoms with Crippen LogP contribution in [0.4, 0.5) is 0 Å². The molecule has 0 unspecified atom stereocenters. The normalized spacial score (nSPS) is 13.6. The van der Waals surface area contributed by atoms with E-state index < -0.39 is 0 Å². The maximum absolute atomic E-state index is 5.27. The van der Waals surface area contributed by atoms with E-state index in [0.29, 0.717) is 6.61 Å². The van der Waals surface area contributed by atoms with Crippen molar-refractivity contribution in [1.29, 1.82) is 0 Å². The standard InChI is InChI=1S/C14H10BrNO/c15-12-7-5-10(6-8-12)14-13-4-2-1-3-11(13)9-17-16-14/h1-8H,9H2. The van der Waals surface area contributed by atoms with Crippen LogP contribution in [-0.2, 0) is 11.4 Å². The van der Waals surface area contributed by atoms with Crippen LogP contribution in [0.2, 0.25) is 0 Å². The van der Waals surface area contributed by atoms with E-state index in [1.54, 1.807) is 0 Å². The number of benzene rings is 2. The Bertz CT molecular complexity index is 575. The van der Waals surface area contributed by atoms with Crippen LogP contribution in [0, 0.1) is 0 Å². The summed E-state index contributed by atoms with van der Waals surface area (Å²) in [5, 5.41) is 4.17. The molecule has 2 aromatic rings. The number of fused-ring (bicyclic) bond motifs is 1. The molecular weight excluding hydrogens is 278 g/mol. The molecule has 0 N–H and O–H groups in total. The molecular formula is C14H10BrNO. The highest BCUT2D eigenvalue weighted by Crippen LogP contribution is 2.22. The van der Waals surface area contributed by atoms with E-state index >= 15 is 0 Å². The minimum atomic E-state index is 0.552. The zero-order chi connectivity index (χ0) is 11.7. The topological polar surface area (TPSA) is 21.6 Å². The molecule has 84 valence electrons. The average molecular weight is 288 g/mol. The van der Waals surface area contributed by atoms with Gasteiger partial charge in [0.05, 0.1) is 0 Å². The van der Waals surface area contributed by atoms with Gasteiger partial charge in [-0.3, -0.25) is 0 Å². The van der Waals surface area contributed by atoms with Gasteiger partial charge in [0, 0.05) is 21.2 Å². The lowest BCUT2D eigenvalue weighted by atomic mass is 9.97. The molecule has 0 aromatic heterocycles. The van der Waals surface area contributed by atoms with Gasteiger partial charge in [-0.25, -0.2) is 0 Å². The lowest BCUT2D eigenvalue weighted by Gasteiger charge is -2.16. The second kappa shape index (κ2) is 4.34. The zero-order valence-electron chi connectivity index (χ0n) is 9.06. The third-order valence-electron chi connectivity index (χ3n) is 2.77. The van der Waals surface area contributed by atoms with Gasteiger partial charge in [-0.2, -0.15) is 0 Å². The molecule has 0 spiro atoms. The van der Waals surface area contributed by atoms with Crippen LogP contribution in [0.25, 0.3) is 0 Å². The van der Waals surface area contributed by atoms with Crippen molar-refractivity contribution >= 4 is 21.6 Å². The van der Waals surface area contributed by atoms with Gasteiger partial charge in [-0.1, -0.05) is 57.5 Å².